The van der Waals surface area contributed by atoms with Gasteiger partial charge in [-0.3, -0.25) is 4.79 Å². The topological polar surface area (TPSA) is 43.1 Å². The summed E-state index contributed by atoms with van der Waals surface area (Å²) >= 11 is 9.01. The van der Waals surface area contributed by atoms with Crippen molar-refractivity contribution in [1.29, 1.82) is 0 Å². The highest BCUT2D eigenvalue weighted by Gasteiger charge is 2.09. The minimum atomic E-state index is -0.0816. The zero-order chi connectivity index (χ0) is 9.30. The molecular weight excluding hydrogens is 241 g/mol. The van der Waals surface area contributed by atoms with E-state index in [-0.39, 0.29) is 5.78 Å². The molecule has 1 rings (SSSR count). The molecule has 0 radical (unpaired) electrons. The van der Waals surface area contributed by atoms with E-state index in [1.165, 1.54) is 6.92 Å². The molecule has 2 N–H and O–H groups in total. The van der Waals surface area contributed by atoms with E-state index in [4.69, 9.17) is 17.3 Å². The van der Waals surface area contributed by atoms with Gasteiger partial charge in [-0.15, -0.1) is 0 Å². The lowest BCUT2D eigenvalue weighted by atomic mass is 10.1. The molecule has 0 aliphatic rings. The van der Waals surface area contributed by atoms with Gasteiger partial charge in [0.2, 0.25) is 0 Å². The molecule has 0 heterocycles. The van der Waals surface area contributed by atoms with Gasteiger partial charge >= 0.3 is 0 Å². The predicted octanol–water partition coefficient (Wildman–Crippen LogP) is 2.89. The lowest BCUT2D eigenvalue weighted by Crippen LogP contribution is -2.00. The molecule has 1 aromatic carbocycles. The first-order valence-corrected chi connectivity index (χ1v) is 4.45. The van der Waals surface area contributed by atoms with Crippen LogP contribution in [0.4, 0.5) is 5.69 Å². The molecule has 4 heteroatoms. The molecule has 0 bridgehead atoms. The number of Topliss-reactive ketones (excluding diaryl/α,β-unsaturated/α-hetero) is 1. The van der Waals surface area contributed by atoms with Gasteiger partial charge < -0.3 is 5.73 Å². The first-order valence-electron chi connectivity index (χ1n) is 3.28. The fourth-order valence-electron chi connectivity index (χ4n) is 0.873. The second-order valence-electron chi connectivity index (χ2n) is 2.38. The number of ketones is 1. The largest absolute Gasteiger partial charge is 0.397 e. The third-order valence-corrected chi connectivity index (χ3v) is 2.81. The monoisotopic (exact) mass is 247 g/mol. The highest BCUT2D eigenvalue weighted by atomic mass is 79.9. The van der Waals surface area contributed by atoms with Crippen LogP contribution in [0.3, 0.4) is 0 Å². The Labute approximate surface area is 83.8 Å². The van der Waals surface area contributed by atoms with Crippen LogP contribution in [0.1, 0.15) is 17.3 Å². The maximum Gasteiger partial charge on any atom is 0.161 e. The highest BCUT2D eigenvalue weighted by molar-refractivity contribution is 9.10. The van der Waals surface area contributed by atoms with Gasteiger partial charge in [0.1, 0.15) is 0 Å². The third-order valence-electron chi connectivity index (χ3n) is 1.51. The van der Waals surface area contributed by atoms with E-state index in [0.717, 1.165) is 0 Å². The van der Waals surface area contributed by atoms with Crippen molar-refractivity contribution in [2.45, 2.75) is 6.92 Å². The molecular formula is C8H7BrClNO. The van der Waals surface area contributed by atoms with Gasteiger partial charge in [0.15, 0.2) is 5.78 Å². The summed E-state index contributed by atoms with van der Waals surface area (Å²) in [5.41, 5.74) is 6.39. The standard InChI is InChI=1S/C8H7BrClNO/c1-4(12)5-2-3-6(9)7(10)8(5)11/h2-3H,11H2,1H3. The minimum Gasteiger partial charge on any atom is -0.397 e. The normalized spacial score (nSPS) is 9.92. The summed E-state index contributed by atoms with van der Waals surface area (Å²) in [5, 5.41) is 0.391. The zero-order valence-corrected chi connectivity index (χ0v) is 8.74. The number of hydrogen-bond acceptors (Lipinski definition) is 2. The Morgan fingerprint density at radius 3 is 2.67 bits per heavy atom. The Kier molecular flexibility index (Phi) is 2.75. The van der Waals surface area contributed by atoms with Crippen molar-refractivity contribution >= 4 is 39.0 Å². The molecule has 0 spiro atoms. The number of nitrogens with two attached hydrogens (primary N) is 1. The van der Waals surface area contributed by atoms with Gasteiger partial charge in [0.05, 0.1) is 10.7 Å². The number of benzene rings is 1. The average Bonchev–Trinajstić information content (AvgIpc) is 2.00. The number of halogens is 2. The van der Waals surface area contributed by atoms with Crippen LogP contribution in [-0.2, 0) is 0 Å². The van der Waals surface area contributed by atoms with E-state index in [0.29, 0.717) is 20.7 Å². The van der Waals surface area contributed by atoms with Gasteiger partial charge in [-0.25, -0.2) is 0 Å². The third kappa shape index (κ3) is 1.62. The molecule has 0 unspecified atom stereocenters. The molecule has 0 atom stereocenters. The summed E-state index contributed by atoms with van der Waals surface area (Å²) in [6.45, 7) is 1.45. The lowest BCUT2D eigenvalue weighted by molar-refractivity contribution is 0.101. The fourth-order valence-corrected chi connectivity index (χ4v) is 1.38. The molecule has 2 nitrogen and oxygen atoms in total. The number of anilines is 1. The summed E-state index contributed by atoms with van der Waals surface area (Å²) in [4.78, 5) is 11.0. The van der Waals surface area contributed by atoms with Crippen LogP contribution in [0.15, 0.2) is 16.6 Å². The number of carbonyl (C=O) groups excluding carboxylic acids is 1. The summed E-state index contributed by atoms with van der Waals surface area (Å²) in [7, 11) is 0. The van der Waals surface area contributed by atoms with E-state index < -0.39 is 0 Å². The number of carbonyl (C=O) groups is 1. The van der Waals surface area contributed by atoms with Crippen LogP contribution < -0.4 is 5.73 Å². The van der Waals surface area contributed by atoms with E-state index in [1.54, 1.807) is 12.1 Å². The fraction of sp³-hybridized carbons (Fsp3) is 0.125. The maximum absolute atomic E-state index is 11.0. The van der Waals surface area contributed by atoms with E-state index >= 15 is 0 Å². The van der Waals surface area contributed by atoms with E-state index in [2.05, 4.69) is 15.9 Å². The van der Waals surface area contributed by atoms with Gasteiger partial charge in [0, 0.05) is 10.0 Å². The van der Waals surface area contributed by atoms with Crippen LogP contribution in [0, 0.1) is 0 Å². The first kappa shape index (κ1) is 9.55. The lowest BCUT2D eigenvalue weighted by Gasteiger charge is -2.04. The first-order chi connectivity index (χ1) is 5.54. The van der Waals surface area contributed by atoms with Crippen molar-refractivity contribution in [3.05, 3.63) is 27.2 Å². The maximum atomic E-state index is 11.0. The van der Waals surface area contributed by atoms with E-state index in [9.17, 15) is 4.79 Å². The smallest absolute Gasteiger partial charge is 0.161 e. The van der Waals surface area contributed by atoms with Crippen molar-refractivity contribution in [2.24, 2.45) is 0 Å². The molecule has 12 heavy (non-hydrogen) atoms. The SMILES string of the molecule is CC(=O)c1ccc(Br)c(Cl)c1N. The van der Waals surface area contributed by atoms with Crippen molar-refractivity contribution < 1.29 is 4.79 Å². The van der Waals surface area contributed by atoms with Crippen molar-refractivity contribution in [1.82, 2.24) is 0 Å². The molecule has 0 aliphatic carbocycles. The van der Waals surface area contributed by atoms with Crippen LogP contribution in [0.25, 0.3) is 0 Å². The van der Waals surface area contributed by atoms with Crippen molar-refractivity contribution in [3.8, 4) is 0 Å². The molecule has 0 aromatic heterocycles. The Hall–Kier alpha value is -0.540. The molecule has 0 saturated carbocycles. The predicted molar refractivity (Wildman–Crippen MR) is 53.6 cm³/mol. The summed E-state index contributed by atoms with van der Waals surface area (Å²) in [6.07, 6.45) is 0. The number of rotatable bonds is 1. The van der Waals surface area contributed by atoms with Gasteiger partial charge in [-0.05, 0) is 35.0 Å². The Balaban J connectivity index is 3.36. The van der Waals surface area contributed by atoms with Crippen LogP contribution in [-0.4, -0.2) is 5.78 Å². The van der Waals surface area contributed by atoms with Crippen LogP contribution >= 0.6 is 27.5 Å². The minimum absolute atomic E-state index is 0.0816. The molecule has 0 amide bonds. The summed E-state index contributed by atoms with van der Waals surface area (Å²) in [6, 6.07) is 3.35. The van der Waals surface area contributed by atoms with Crippen LogP contribution in [0.5, 0.6) is 0 Å². The molecule has 0 aliphatic heterocycles. The average molecular weight is 249 g/mol. The second kappa shape index (κ2) is 3.46. The molecule has 64 valence electrons. The number of hydrogen-bond donors (Lipinski definition) is 1. The summed E-state index contributed by atoms with van der Waals surface area (Å²) < 4.78 is 0.701. The van der Waals surface area contributed by atoms with Gasteiger partial charge in [-0.2, -0.15) is 0 Å². The summed E-state index contributed by atoms with van der Waals surface area (Å²) in [5.74, 6) is -0.0816. The van der Waals surface area contributed by atoms with Crippen molar-refractivity contribution in [3.63, 3.8) is 0 Å². The van der Waals surface area contributed by atoms with Gasteiger partial charge in [-0.1, -0.05) is 11.6 Å². The Bertz CT molecular complexity index is 338. The Morgan fingerprint density at radius 1 is 1.58 bits per heavy atom. The Morgan fingerprint density at radius 2 is 2.17 bits per heavy atom. The van der Waals surface area contributed by atoms with Crippen LogP contribution in [0.2, 0.25) is 5.02 Å². The zero-order valence-electron chi connectivity index (χ0n) is 6.40. The molecule has 1 aromatic rings. The second-order valence-corrected chi connectivity index (χ2v) is 3.61. The highest BCUT2D eigenvalue weighted by Crippen LogP contribution is 2.30. The molecule has 0 saturated heterocycles. The molecule has 0 fully saturated rings. The number of nitrogen functional groups attached to an aromatic ring is 1. The van der Waals surface area contributed by atoms with Gasteiger partial charge in [0.25, 0.3) is 0 Å². The van der Waals surface area contributed by atoms with Crippen molar-refractivity contribution in [2.75, 3.05) is 5.73 Å². The van der Waals surface area contributed by atoms with E-state index in [1.807, 2.05) is 0 Å². The quantitative estimate of drug-likeness (QED) is 0.613.